The van der Waals surface area contributed by atoms with Crippen LogP contribution in [0.5, 0.6) is 0 Å². The summed E-state index contributed by atoms with van der Waals surface area (Å²) < 4.78 is 0. The number of carboxylic acids is 1. The van der Waals surface area contributed by atoms with E-state index in [1.807, 2.05) is 20.8 Å². The van der Waals surface area contributed by atoms with Crippen LogP contribution in [0.2, 0.25) is 0 Å². The number of carbonyl (C=O) groups excluding carboxylic acids is 2. The minimum Gasteiger partial charge on any atom is -0.481 e. The zero-order valence-corrected chi connectivity index (χ0v) is 11.2. The first-order chi connectivity index (χ1) is 8.12. The maximum atomic E-state index is 11.5. The summed E-state index contributed by atoms with van der Waals surface area (Å²) in [5.74, 6) is -1.66. The zero-order chi connectivity index (χ0) is 14.3. The van der Waals surface area contributed by atoms with Gasteiger partial charge in [0.1, 0.15) is 0 Å². The molecular formula is C11H21N3O4. The predicted molar refractivity (Wildman–Crippen MR) is 65.5 cm³/mol. The number of hydrogen-bond acceptors (Lipinski definition) is 4. The van der Waals surface area contributed by atoms with Gasteiger partial charge >= 0.3 is 5.97 Å². The van der Waals surface area contributed by atoms with Crippen molar-refractivity contribution in [1.82, 2.24) is 15.8 Å². The van der Waals surface area contributed by atoms with E-state index in [9.17, 15) is 14.4 Å². The molecule has 0 aliphatic heterocycles. The van der Waals surface area contributed by atoms with Crippen molar-refractivity contribution < 1.29 is 19.5 Å². The second-order valence-electron chi connectivity index (χ2n) is 4.97. The Hall–Kier alpha value is -1.63. The third-order valence-electron chi connectivity index (χ3n) is 2.26. The van der Waals surface area contributed by atoms with Gasteiger partial charge in [0.2, 0.25) is 5.91 Å². The van der Waals surface area contributed by atoms with Gasteiger partial charge in [-0.3, -0.25) is 30.1 Å². The van der Waals surface area contributed by atoms with Crippen LogP contribution in [-0.2, 0) is 14.4 Å². The molecule has 0 radical (unpaired) electrons. The molecule has 0 bridgehead atoms. The number of carboxylic acid groups (broad SMARTS) is 1. The molecule has 18 heavy (non-hydrogen) atoms. The third-order valence-corrected chi connectivity index (χ3v) is 2.26. The lowest BCUT2D eigenvalue weighted by Crippen LogP contribution is -2.51. The summed E-state index contributed by atoms with van der Waals surface area (Å²) in [6, 6.07) is 0. The van der Waals surface area contributed by atoms with Crippen LogP contribution in [-0.4, -0.2) is 46.4 Å². The minimum absolute atomic E-state index is 0.0249. The van der Waals surface area contributed by atoms with E-state index in [-0.39, 0.29) is 36.9 Å². The molecule has 0 aromatic carbocycles. The first-order valence-corrected chi connectivity index (χ1v) is 5.65. The van der Waals surface area contributed by atoms with Crippen LogP contribution in [0.15, 0.2) is 0 Å². The SMILES string of the molecule is CC(=O)NNC(=O)CN(CCC(=O)O)C(C)(C)C. The van der Waals surface area contributed by atoms with E-state index in [1.54, 1.807) is 4.90 Å². The minimum atomic E-state index is -0.911. The van der Waals surface area contributed by atoms with Gasteiger partial charge in [0.05, 0.1) is 13.0 Å². The number of carbonyl (C=O) groups is 3. The summed E-state index contributed by atoms with van der Waals surface area (Å²) in [6.07, 6.45) is -0.0370. The normalized spacial score (nSPS) is 11.2. The highest BCUT2D eigenvalue weighted by atomic mass is 16.4. The summed E-state index contributed by atoms with van der Waals surface area (Å²) in [6.45, 7) is 7.25. The van der Waals surface area contributed by atoms with E-state index in [1.165, 1.54) is 6.92 Å². The summed E-state index contributed by atoms with van der Waals surface area (Å²) >= 11 is 0. The molecule has 0 aromatic rings. The van der Waals surface area contributed by atoms with Gasteiger partial charge in [-0.05, 0) is 20.8 Å². The van der Waals surface area contributed by atoms with Crippen molar-refractivity contribution >= 4 is 17.8 Å². The van der Waals surface area contributed by atoms with E-state index in [2.05, 4.69) is 10.9 Å². The van der Waals surface area contributed by atoms with Crippen molar-refractivity contribution in [3.05, 3.63) is 0 Å². The monoisotopic (exact) mass is 259 g/mol. The highest BCUT2D eigenvalue weighted by molar-refractivity contribution is 5.82. The molecule has 0 fully saturated rings. The van der Waals surface area contributed by atoms with E-state index < -0.39 is 5.97 Å². The fourth-order valence-electron chi connectivity index (χ4n) is 1.25. The molecule has 0 aliphatic carbocycles. The molecule has 0 heterocycles. The van der Waals surface area contributed by atoms with Gasteiger partial charge in [-0.1, -0.05) is 0 Å². The molecule has 2 amide bonds. The Balaban J connectivity index is 4.36. The molecule has 0 saturated heterocycles. The predicted octanol–water partition coefficient (Wildman–Crippen LogP) is -0.271. The standard InChI is InChI=1S/C11H21N3O4/c1-8(15)12-13-9(16)7-14(11(2,3)4)6-5-10(17)18/h5-7H2,1-4H3,(H,12,15)(H,13,16)(H,17,18). The molecule has 3 N–H and O–H groups in total. The Morgan fingerprint density at radius 3 is 2.11 bits per heavy atom. The van der Waals surface area contributed by atoms with E-state index in [0.717, 1.165) is 0 Å². The highest BCUT2D eigenvalue weighted by Crippen LogP contribution is 2.12. The Kier molecular flexibility index (Phi) is 6.32. The van der Waals surface area contributed by atoms with Crippen LogP contribution < -0.4 is 10.9 Å². The average molecular weight is 259 g/mol. The van der Waals surface area contributed by atoms with Crippen molar-refractivity contribution in [3.63, 3.8) is 0 Å². The van der Waals surface area contributed by atoms with Gasteiger partial charge in [-0.15, -0.1) is 0 Å². The summed E-state index contributed by atoms with van der Waals surface area (Å²) in [5, 5.41) is 8.65. The van der Waals surface area contributed by atoms with Crippen LogP contribution in [0, 0.1) is 0 Å². The number of hydrogen-bond donors (Lipinski definition) is 3. The molecule has 0 aliphatic rings. The molecule has 0 rings (SSSR count). The van der Waals surface area contributed by atoms with Gasteiger partial charge in [0.25, 0.3) is 5.91 Å². The van der Waals surface area contributed by atoms with Crippen molar-refractivity contribution in [3.8, 4) is 0 Å². The van der Waals surface area contributed by atoms with Crippen LogP contribution >= 0.6 is 0 Å². The van der Waals surface area contributed by atoms with Crippen molar-refractivity contribution in [2.75, 3.05) is 13.1 Å². The number of hydrazine groups is 1. The number of aliphatic carboxylic acids is 1. The molecule has 0 saturated carbocycles. The third kappa shape index (κ3) is 7.61. The smallest absolute Gasteiger partial charge is 0.304 e. The molecular weight excluding hydrogens is 238 g/mol. The molecule has 0 spiro atoms. The lowest BCUT2D eigenvalue weighted by atomic mass is 10.1. The van der Waals surface area contributed by atoms with E-state index in [4.69, 9.17) is 5.11 Å². The molecule has 7 nitrogen and oxygen atoms in total. The second kappa shape index (κ2) is 6.95. The number of rotatable bonds is 5. The van der Waals surface area contributed by atoms with Gasteiger partial charge in [-0.2, -0.15) is 0 Å². The zero-order valence-electron chi connectivity index (χ0n) is 11.2. The van der Waals surface area contributed by atoms with E-state index in [0.29, 0.717) is 0 Å². The van der Waals surface area contributed by atoms with Gasteiger partial charge < -0.3 is 5.11 Å². The lowest BCUT2D eigenvalue weighted by Gasteiger charge is -2.34. The summed E-state index contributed by atoms with van der Waals surface area (Å²) in [4.78, 5) is 34.4. The highest BCUT2D eigenvalue weighted by Gasteiger charge is 2.24. The average Bonchev–Trinajstić information content (AvgIpc) is 2.19. The van der Waals surface area contributed by atoms with Crippen molar-refractivity contribution in [1.29, 1.82) is 0 Å². The molecule has 0 aromatic heterocycles. The quantitative estimate of drug-likeness (QED) is 0.590. The van der Waals surface area contributed by atoms with Gasteiger partial charge in [0, 0.05) is 19.0 Å². The summed E-state index contributed by atoms with van der Waals surface area (Å²) in [7, 11) is 0. The van der Waals surface area contributed by atoms with Crippen molar-refractivity contribution in [2.24, 2.45) is 0 Å². The van der Waals surface area contributed by atoms with Gasteiger partial charge in [-0.25, -0.2) is 0 Å². The molecule has 0 atom stereocenters. The summed E-state index contributed by atoms with van der Waals surface area (Å²) in [5.41, 5.74) is 4.10. The first kappa shape index (κ1) is 16.4. The fraction of sp³-hybridized carbons (Fsp3) is 0.727. The first-order valence-electron chi connectivity index (χ1n) is 5.65. The Morgan fingerprint density at radius 2 is 1.72 bits per heavy atom. The van der Waals surface area contributed by atoms with Crippen LogP contribution in [0.1, 0.15) is 34.1 Å². The van der Waals surface area contributed by atoms with Crippen molar-refractivity contribution in [2.45, 2.75) is 39.7 Å². The maximum absolute atomic E-state index is 11.5. The fourth-order valence-corrected chi connectivity index (χ4v) is 1.25. The molecule has 0 unspecified atom stereocenters. The molecule has 104 valence electrons. The largest absolute Gasteiger partial charge is 0.481 e. The maximum Gasteiger partial charge on any atom is 0.304 e. The van der Waals surface area contributed by atoms with Gasteiger partial charge in [0.15, 0.2) is 0 Å². The Labute approximate surface area is 106 Å². The Morgan fingerprint density at radius 1 is 1.17 bits per heavy atom. The van der Waals surface area contributed by atoms with Crippen LogP contribution in [0.3, 0.4) is 0 Å². The van der Waals surface area contributed by atoms with E-state index >= 15 is 0 Å². The van der Waals surface area contributed by atoms with Crippen LogP contribution in [0.4, 0.5) is 0 Å². The Bertz CT molecular complexity index is 323. The number of nitrogens with one attached hydrogen (secondary N) is 2. The lowest BCUT2D eigenvalue weighted by molar-refractivity contribution is -0.138. The second-order valence-corrected chi connectivity index (χ2v) is 4.97. The van der Waals surface area contributed by atoms with Crippen LogP contribution in [0.25, 0.3) is 0 Å². The molecule has 7 heteroatoms. The number of amides is 2. The topological polar surface area (TPSA) is 98.7 Å². The number of nitrogens with zero attached hydrogens (tertiary/aromatic N) is 1.